The monoisotopic (exact) mass is 829 g/mol. The van der Waals surface area contributed by atoms with Crippen LogP contribution in [-0.2, 0) is 0 Å². The molecule has 0 unspecified atom stereocenters. The summed E-state index contributed by atoms with van der Waals surface area (Å²) in [5.74, 6) is 0. The van der Waals surface area contributed by atoms with Crippen molar-refractivity contribution in [1.82, 2.24) is 0 Å². The van der Waals surface area contributed by atoms with Crippen LogP contribution in [0.25, 0.3) is 110 Å². The summed E-state index contributed by atoms with van der Waals surface area (Å²) in [5, 5.41) is 9.32. The van der Waals surface area contributed by atoms with E-state index < -0.39 is 0 Å². The van der Waals surface area contributed by atoms with E-state index in [9.17, 15) is 0 Å². The molecule has 2 aromatic heterocycles. The maximum atomic E-state index is 6.99. The highest BCUT2D eigenvalue weighted by Gasteiger charge is 2.21. The Morgan fingerprint density at radius 2 is 0.677 bits per heavy atom. The Labute approximate surface area is 375 Å². The zero-order valence-corrected chi connectivity index (χ0v) is 35.3. The Balaban J connectivity index is 0.930. The Kier molecular flexibility index (Phi) is 8.53. The van der Waals surface area contributed by atoms with Crippen molar-refractivity contribution in [3.8, 4) is 44.5 Å². The second-order valence-electron chi connectivity index (χ2n) is 16.8. The van der Waals surface area contributed by atoms with Crippen LogP contribution in [0.2, 0.25) is 0 Å². The molecular weight excluding hydrogens is 791 g/mol. The average Bonchev–Trinajstić information content (AvgIpc) is 3.98. The lowest BCUT2D eigenvalue weighted by Gasteiger charge is -2.26. The van der Waals surface area contributed by atoms with Gasteiger partial charge in [0.05, 0.1) is 0 Å². The number of rotatable bonds is 7. The van der Waals surface area contributed by atoms with Crippen LogP contribution in [0.15, 0.2) is 245 Å². The van der Waals surface area contributed by atoms with Crippen LogP contribution in [0.3, 0.4) is 0 Å². The van der Waals surface area contributed by atoms with E-state index in [1.807, 2.05) is 6.07 Å². The fraction of sp³-hybridized carbons (Fsp3) is 0. The Morgan fingerprint density at radius 3 is 1.28 bits per heavy atom. The molecule has 0 aliphatic rings. The first-order valence-electron chi connectivity index (χ1n) is 22.2. The second kappa shape index (κ2) is 15.0. The third kappa shape index (κ3) is 6.12. The van der Waals surface area contributed by atoms with Crippen LogP contribution in [0.4, 0.5) is 17.1 Å². The third-order valence-electron chi connectivity index (χ3n) is 13.1. The zero-order chi connectivity index (χ0) is 42.8. The molecule has 0 spiro atoms. The summed E-state index contributed by atoms with van der Waals surface area (Å²) in [4.78, 5) is 2.33. The second-order valence-corrected chi connectivity index (χ2v) is 16.8. The molecule has 0 atom stereocenters. The first kappa shape index (κ1) is 36.9. The normalized spacial score (nSPS) is 11.7. The number of nitrogens with zero attached hydrogens (tertiary/aromatic N) is 1. The number of anilines is 3. The molecule has 304 valence electrons. The Hall–Kier alpha value is -8.66. The van der Waals surface area contributed by atoms with Crippen LogP contribution in [-0.4, -0.2) is 0 Å². The highest BCUT2D eigenvalue weighted by Crippen LogP contribution is 2.46. The van der Waals surface area contributed by atoms with E-state index in [2.05, 4.69) is 235 Å². The molecule has 0 bridgehead atoms. The van der Waals surface area contributed by atoms with Crippen molar-refractivity contribution in [3.05, 3.63) is 237 Å². The van der Waals surface area contributed by atoms with Crippen molar-refractivity contribution in [2.75, 3.05) is 4.90 Å². The van der Waals surface area contributed by atoms with Gasteiger partial charge in [-0.2, -0.15) is 0 Å². The van der Waals surface area contributed by atoms with Crippen molar-refractivity contribution in [3.63, 3.8) is 0 Å². The maximum Gasteiger partial charge on any atom is 0.143 e. The summed E-state index contributed by atoms with van der Waals surface area (Å²) in [7, 11) is 0. The molecular formula is C62H39NO2. The largest absolute Gasteiger partial charge is 0.455 e. The number of para-hydroxylation sites is 2. The van der Waals surface area contributed by atoms with Gasteiger partial charge >= 0.3 is 0 Å². The average molecular weight is 830 g/mol. The number of fused-ring (bicyclic) bond motifs is 10. The maximum absolute atomic E-state index is 6.99. The smallest absolute Gasteiger partial charge is 0.143 e. The summed E-state index contributed by atoms with van der Waals surface area (Å²) in [6.45, 7) is 0. The summed E-state index contributed by atoms with van der Waals surface area (Å²) >= 11 is 0. The molecule has 0 N–H and O–H groups in total. The Bertz CT molecular complexity index is 3900. The first-order valence-corrected chi connectivity index (χ1v) is 22.2. The molecule has 2 heterocycles. The van der Waals surface area contributed by atoms with Crippen molar-refractivity contribution >= 4 is 82.5 Å². The number of hydrogen-bond acceptors (Lipinski definition) is 3. The Morgan fingerprint density at radius 1 is 0.262 bits per heavy atom. The lowest BCUT2D eigenvalue weighted by Crippen LogP contribution is -2.09. The van der Waals surface area contributed by atoms with Gasteiger partial charge in [-0.25, -0.2) is 0 Å². The van der Waals surface area contributed by atoms with E-state index in [1.165, 1.54) is 32.7 Å². The minimum absolute atomic E-state index is 0.889. The van der Waals surface area contributed by atoms with Crippen LogP contribution in [0.5, 0.6) is 0 Å². The molecule has 0 fully saturated rings. The lowest BCUT2D eigenvalue weighted by atomic mass is 9.95. The summed E-state index contributed by atoms with van der Waals surface area (Å²) in [6.07, 6.45) is 0. The standard InChI is InChI=1S/C62H39NO2/c1-3-14-40(15-4-1)41-26-32-47(33-27-41)63(49-36-30-44(31-37-49)56-39-45-18-7-9-20-50(45)58-53-22-11-12-25-57(53)64-61(56)58)48-34-28-43(29-35-48)52-23-13-24-54-59-51-21-10-8-19-46(51)38-55(62(59)65-60(52)54)42-16-5-2-6-17-42/h1-39H. The highest BCUT2D eigenvalue weighted by molar-refractivity contribution is 6.24. The fourth-order valence-corrected chi connectivity index (χ4v) is 9.96. The number of benzene rings is 11. The van der Waals surface area contributed by atoms with Gasteiger partial charge < -0.3 is 13.7 Å². The quantitative estimate of drug-likeness (QED) is 0.160. The van der Waals surface area contributed by atoms with Crippen molar-refractivity contribution < 1.29 is 8.83 Å². The molecule has 13 rings (SSSR count). The molecule has 65 heavy (non-hydrogen) atoms. The van der Waals surface area contributed by atoms with Crippen LogP contribution in [0.1, 0.15) is 0 Å². The van der Waals surface area contributed by atoms with E-state index in [0.717, 1.165) is 94.3 Å². The summed E-state index contributed by atoms with van der Waals surface area (Å²) in [6, 6.07) is 84.4. The summed E-state index contributed by atoms with van der Waals surface area (Å²) in [5.41, 5.74) is 15.7. The third-order valence-corrected chi connectivity index (χ3v) is 13.1. The van der Waals surface area contributed by atoms with Gasteiger partial charge in [-0.1, -0.05) is 182 Å². The molecule has 0 saturated carbocycles. The highest BCUT2D eigenvalue weighted by atomic mass is 16.3. The van der Waals surface area contributed by atoms with Gasteiger partial charge in [-0.3, -0.25) is 0 Å². The molecule has 3 heteroatoms. The van der Waals surface area contributed by atoms with Crippen molar-refractivity contribution in [2.24, 2.45) is 0 Å². The molecule has 0 radical (unpaired) electrons. The van der Waals surface area contributed by atoms with Gasteiger partial charge in [0, 0.05) is 55.3 Å². The van der Waals surface area contributed by atoms with Gasteiger partial charge in [0.25, 0.3) is 0 Å². The molecule has 0 aliphatic heterocycles. The summed E-state index contributed by atoms with van der Waals surface area (Å²) < 4.78 is 13.6. The van der Waals surface area contributed by atoms with Gasteiger partial charge in [0.2, 0.25) is 0 Å². The predicted molar refractivity (Wildman–Crippen MR) is 272 cm³/mol. The predicted octanol–water partition coefficient (Wildman–Crippen LogP) is 17.9. The van der Waals surface area contributed by atoms with Gasteiger partial charge in [-0.05, 0) is 104 Å². The molecule has 0 saturated heterocycles. The van der Waals surface area contributed by atoms with Crippen LogP contribution < -0.4 is 4.90 Å². The van der Waals surface area contributed by atoms with Crippen molar-refractivity contribution in [2.45, 2.75) is 0 Å². The van der Waals surface area contributed by atoms with Crippen LogP contribution >= 0.6 is 0 Å². The van der Waals surface area contributed by atoms with Gasteiger partial charge in [-0.15, -0.1) is 0 Å². The first-order chi connectivity index (χ1) is 32.2. The van der Waals surface area contributed by atoms with Gasteiger partial charge in [0.15, 0.2) is 0 Å². The SMILES string of the molecule is c1ccc(-c2ccc(N(c3ccc(-c4cccc5c4oc4c(-c6ccccc6)cc6ccccc6c45)cc3)c3ccc(-c4cc5ccccc5c5c4oc4ccccc45)cc3)cc2)cc1. The van der Waals surface area contributed by atoms with E-state index in [1.54, 1.807) is 0 Å². The van der Waals surface area contributed by atoms with E-state index in [-0.39, 0.29) is 0 Å². The zero-order valence-electron chi connectivity index (χ0n) is 35.3. The molecule has 3 nitrogen and oxygen atoms in total. The molecule has 0 amide bonds. The van der Waals surface area contributed by atoms with E-state index in [4.69, 9.17) is 8.83 Å². The number of furan rings is 2. The van der Waals surface area contributed by atoms with E-state index in [0.29, 0.717) is 0 Å². The molecule has 11 aromatic carbocycles. The topological polar surface area (TPSA) is 29.5 Å². The van der Waals surface area contributed by atoms with Crippen LogP contribution in [0, 0.1) is 0 Å². The molecule has 0 aliphatic carbocycles. The van der Waals surface area contributed by atoms with Gasteiger partial charge in [0.1, 0.15) is 22.3 Å². The minimum atomic E-state index is 0.889. The van der Waals surface area contributed by atoms with Crippen molar-refractivity contribution in [1.29, 1.82) is 0 Å². The fourth-order valence-electron chi connectivity index (χ4n) is 9.96. The lowest BCUT2D eigenvalue weighted by molar-refractivity contribution is 0.670. The van der Waals surface area contributed by atoms with E-state index >= 15 is 0 Å². The minimum Gasteiger partial charge on any atom is -0.455 e. The molecule has 13 aromatic rings. The number of hydrogen-bond donors (Lipinski definition) is 0.